The zero-order valence-electron chi connectivity index (χ0n) is 20.4. The molecule has 5 heteroatoms. The number of carbonyl (C=O) groups excluding carboxylic acids is 1. The first-order valence-corrected chi connectivity index (χ1v) is 10.9. The van der Waals surface area contributed by atoms with Gasteiger partial charge in [0.05, 0.1) is 21.3 Å². The van der Waals surface area contributed by atoms with Gasteiger partial charge in [0.25, 0.3) is 0 Å². The van der Waals surface area contributed by atoms with Crippen LogP contribution in [0.25, 0.3) is 6.08 Å². The molecule has 0 saturated heterocycles. The molecule has 0 aliphatic heterocycles. The third kappa shape index (κ3) is 8.19. The number of allylic oxidation sites excluding steroid dienone is 4. The molecule has 0 amide bonds. The average Bonchev–Trinajstić information content (AvgIpc) is 2.82. The van der Waals surface area contributed by atoms with E-state index in [1.165, 1.54) is 17.2 Å². The van der Waals surface area contributed by atoms with Crippen molar-refractivity contribution in [2.75, 3.05) is 27.9 Å². The molecule has 0 bridgehead atoms. The van der Waals surface area contributed by atoms with Crippen molar-refractivity contribution in [3.63, 3.8) is 0 Å². The third-order valence-electron chi connectivity index (χ3n) is 5.04. The first-order chi connectivity index (χ1) is 15.9. The van der Waals surface area contributed by atoms with Gasteiger partial charge in [-0.25, -0.2) is 0 Å². The Kier molecular flexibility index (Phi) is 10.3. The van der Waals surface area contributed by atoms with Gasteiger partial charge in [0.1, 0.15) is 6.61 Å². The minimum atomic E-state index is -0.135. The van der Waals surface area contributed by atoms with Crippen molar-refractivity contribution >= 4 is 11.9 Å². The number of benzene rings is 2. The number of carbonyl (C=O) groups is 1. The van der Waals surface area contributed by atoms with Crippen molar-refractivity contribution in [3.8, 4) is 23.0 Å². The summed E-state index contributed by atoms with van der Waals surface area (Å²) in [6.45, 7) is 6.81. The molecule has 0 saturated carbocycles. The maximum atomic E-state index is 12.6. The lowest BCUT2D eigenvalue weighted by atomic mass is 10.1. The van der Waals surface area contributed by atoms with E-state index in [0.29, 0.717) is 35.2 Å². The molecule has 0 aromatic heterocycles. The van der Waals surface area contributed by atoms with E-state index in [9.17, 15) is 4.79 Å². The summed E-state index contributed by atoms with van der Waals surface area (Å²) in [6.07, 6.45) is 9.66. The zero-order valence-corrected chi connectivity index (χ0v) is 20.4. The Labute approximate surface area is 197 Å². The lowest BCUT2D eigenvalue weighted by Gasteiger charge is -2.10. The van der Waals surface area contributed by atoms with Gasteiger partial charge in [-0.2, -0.15) is 0 Å². The van der Waals surface area contributed by atoms with Crippen LogP contribution in [0.3, 0.4) is 0 Å². The van der Waals surface area contributed by atoms with Crippen LogP contribution in [0.15, 0.2) is 65.8 Å². The van der Waals surface area contributed by atoms with Crippen molar-refractivity contribution in [1.82, 2.24) is 0 Å². The van der Waals surface area contributed by atoms with E-state index in [1.807, 2.05) is 18.2 Å². The number of hydrogen-bond donors (Lipinski definition) is 0. The lowest BCUT2D eigenvalue weighted by Crippen LogP contribution is -1.98. The van der Waals surface area contributed by atoms with Gasteiger partial charge in [-0.3, -0.25) is 4.79 Å². The van der Waals surface area contributed by atoms with Crippen LogP contribution < -0.4 is 18.9 Å². The summed E-state index contributed by atoms with van der Waals surface area (Å²) in [6, 6.07) is 10.7. The Balaban J connectivity index is 2.03. The number of hydrogen-bond acceptors (Lipinski definition) is 5. The van der Waals surface area contributed by atoms with Crippen molar-refractivity contribution in [3.05, 3.63) is 76.9 Å². The predicted molar refractivity (Wildman–Crippen MR) is 134 cm³/mol. The van der Waals surface area contributed by atoms with E-state index in [4.69, 9.17) is 18.9 Å². The van der Waals surface area contributed by atoms with Crippen LogP contribution in [-0.4, -0.2) is 33.7 Å². The predicted octanol–water partition coefficient (Wildman–Crippen LogP) is 6.68. The first-order valence-electron chi connectivity index (χ1n) is 10.9. The summed E-state index contributed by atoms with van der Waals surface area (Å²) in [5, 5.41) is 0. The Morgan fingerprint density at radius 1 is 0.818 bits per heavy atom. The van der Waals surface area contributed by atoms with Crippen LogP contribution in [-0.2, 0) is 0 Å². The van der Waals surface area contributed by atoms with Crippen LogP contribution in [0.5, 0.6) is 23.0 Å². The molecule has 0 atom stereocenters. The van der Waals surface area contributed by atoms with Crippen LogP contribution in [0, 0.1) is 0 Å². The molecule has 176 valence electrons. The molecule has 2 aromatic carbocycles. The van der Waals surface area contributed by atoms with E-state index in [1.54, 1.807) is 45.6 Å². The van der Waals surface area contributed by atoms with Crippen LogP contribution in [0.2, 0.25) is 0 Å². The third-order valence-corrected chi connectivity index (χ3v) is 5.04. The summed E-state index contributed by atoms with van der Waals surface area (Å²) in [5.74, 6) is 2.24. The van der Waals surface area contributed by atoms with E-state index in [-0.39, 0.29) is 5.78 Å². The fourth-order valence-corrected chi connectivity index (χ4v) is 3.13. The van der Waals surface area contributed by atoms with Gasteiger partial charge >= 0.3 is 0 Å². The second kappa shape index (κ2) is 13.2. The molecule has 0 N–H and O–H groups in total. The quantitative estimate of drug-likeness (QED) is 0.205. The summed E-state index contributed by atoms with van der Waals surface area (Å²) in [7, 11) is 4.70. The standard InChI is InChI=1S/C28H34O5/c1-20(2)8-7-9-21(3)16-17-33-26-14-11-22(18-27(26)31-5)10-13-24(29)23-12-15-25(30-4)28(19-23)32-6/h8,10-16,18-19H,7,9,17H2,1-6H3/b13-10+,21-16+. The van der Waals surface area contributed by atoms with Gasteiger partial charge in [-0.1, -0.05) is 29.4 Å². The molecule has 5 nitrogen and oxygen atoms in total. The van der Waals surface area contributed by atoms with Gasteiger partial charge in [0, 0.05) is 5.56 Å². The SMILES string of the molecule is COc1ccc(C(=O)/C=C/c2ccc(OC/C=C(\C)CCC=C(C)C)c(OC)c2)cc1OC. The topological polar surface area (TPSA) is 54.0 Å². The fourth-order valence-electron chi connectivity index (χ4n) is 3.13. The van der Waals surface area contributed by atoms with E-state index < -0.39 is 0 Å². The summed E-state index contributed by atoms with van der Waals surface area (Å²) in [4.78, 5) is 12.6. The van der Waals surface area contributed by atoms with E-state index in [0.717, 1.165) is 18.4 Å². The van der Waals surface area contributed by atoms with E-state index >= 15 is 0 Å². The second-order valence-electron chi connectivity index (χ2n) is 7.86. The zero-order chi connectivity index (χ0) is 24.2. The normalized spacial score (nSPS) is 11.3. The summed E-state index contributed by atoms with van der Waals surface area (Å²) < 4.78 is 21.9. The molecule has 0 aliphatic rings. The highest BCUT2D eigenvalue weighted by atomic mass is 16.5. The average molecular weight is 451 g/mol. The highest BCUT2D eigenvalue weighted by Gasteiger charge is 2.09. The maximum Gasteiger partial charge on any atom is 0.185 e. The van der Waals surface area contributed by atoms with Crippen molar-refractivity contribution in [2.24, 2.45) is 0 Å². The Bertz CT molecular complexity index is 1030. The molecular formula is C28H34O5. The number of ketones is 1. The van der Waals surface area contributed by atoms with Crippen LogP contribution in [0.4, 0.5) is 0 Å². The lowest BCUT2D eigenvalue weighted by molar-refractivity contribution is 0.104. The van der Waals surface area contributed by atoms with Gasteiger partial charge in [-0.15, -0.1) is 0 Å². The fraction of sp³-hybridized carbons (Fsp3) is 0.321. The Hall–Kier alpha value is -3.47. The molecular weight excluding hydrogens is 416 g/mol. The monoisotopic (exact) mass is 450 g/mol. The molecule has 0 aliphatic carbocycles. The number of methoxy groups -OCH3 is 3. The second-order valence-corrected chi connectivity index (χ2v) is 7.86. The highest BCUT2D eigenvalue weighted by molar-refractivity contribution is 6.07. The largest absolute Gasteiger partial charge is 0.493 e. The molecule has 0 heterocycles. The van der Waals surface area contributed by atoms with Crippen LogP contribution in [0.1, 0.15) is 49.5 Å². The smallest absolute Gasteiger partial charge is 0.185 e. The van der Waals surface area contributed by atoms with Gasteiger partial charge in [0.15, 0.2) is 28.8 Å². The molecule has 33 heavy (non-hydrogen) atoms. The van der Waals surface area contributed by atoms with Crippen molar-refractivity contribution in [1.29, 1.82) is 0 Å². The van der Waals surface area contributed by atoms with Crippen LogP contribution >= 0.6 is 0 Å². The van der Waals surface area contributed by atoms with Crippen molar-refractivity contribution in [2.45, 2.75) is 33.6 Å². The maximum absolute atomic E-state index is 12.6. The Morgan fingerprint density at radius 3 is 2.15 bits per heavy atom. The summed E-state index contributed by atoms with van der Waals surface area (Å²) >= 11 is 0. The van der Waals surface area contributed by atoms with Gasteiger partial charge in [-0.05, 0) is 81.7 Å². The first kappa shape index (κ1) is 25.8. The minimum absolute atomic E-state index is 0.135. The molecule has 2 rings (SSSR count). The minimum Gasteiger partial charge on any atom is -0.493 e. The number of rotatable bonds is 12. The van der Waals surface area contributed by atoms with E-state index in [2.05, 4.69) is 32.9 Å². The van der Waals surface area contributed by atoms with Gasteiger partial charge in [0.2, 0.25) is 0 Å². The molecule has 0 unspecified atom stereocenters. The number of ether oxygens (including phenoxy) is 4. The Morgan fingerprint density at radius 2 is 1.48 bits per heavy atom. The highest BCUT2D eigenvalue weighted by Crippen LogP contribution is 2.30. The summed E-state index contributed by atoms with van der Waals surface area (Å²) in [5.41, 5.74) is 3.98. The molecule has 2 aromatic rings. The van der Waals surface area contributed by atoms with Crippen molar-refractivity contribution < 1.29 is 23.7 Å². The molecule has 0 fully saturated rings. The molecule has 0 spiro atoms. The molecule has 0 radical (unpaired) electrons. The van der Waals surface area contributed by atoms with Gasteiger partial charge < -0.3 is 18.9 Å².